The van der Waals surface area contributed by atoms with Gasteiger partial charge in [-0.3, -0.25) is 0 Å². The third kappa shape index (κ3) is 3.31. The number of aromatic nitrogens is 1. The molecular weight excluding hydrogens is 264 g/mol. The van der Waals surface area contributed by atoms with E-state index in [0.717, 1.165) is 28.6 Å². The molecule has 1 heterocycles. The highest BCUT2D eigenvalue weighted by atomic mass is 35.5. The van der Waals surface area contributed by atoms with Gasteiger partial charge in [0.1, 0.15) is 0 Å². The lowest BCUT2D eigenvalue weighted by Crippen LogP contribution is -2.18. The van der Waals surface area contributed by atoms with Crippen molar-refractivity contribution in [1.82, 2.24) is 10.3 Å². The van der Waals surface area contributed by atoms with Gasteiger partial charge in [0, 0.05) is 29.1 Å². The van der Waals surface area contributed by atoms with E-state index in [1.165, 1.54) is 5.56 Å². The molecule has 2 aromatic rings. The van der Waals surface area contributed by atoms with Crippen LogP contribution in [0.15, 0.2) is 29.8 Å². The third-order valence-corrected chi connectivity index (χ3v) is 3.99. The molecule has 0 aliphatic heterocycles. The Labute approximate surface area is 117 Å². The number of hydrogen-bond donors (Lipinski definition) is 1. The molecule has 2 nitrogen and oxygen atoms in total. The van der Waals surface area contributed by atoms with Crippen LogP contribution < -0.4 is 5.32 Å². The zero-order valence-corrected chi connectivity index (χ0v) is 12.2. The summed E-state index contributed by atoms with van der Waals surface area (Å²) >= 11 is 8.02. The summed E-state index contributed by atoms with van der Waals surface area (Å²) in [4.78, 5) is 4.29. The Kier molecular flexibility index (Phi) is 4.75. The molecular formula is C14H17ClN2S. The lowest BCUT2D eigenvalue weighted by molar-refractivity contribution is 0.598. The maximum absolute atomic E-state index is 6.34. The minimum atomic E-state index is 0.288. The second-order valence-electron chi connectivity index (χ2n) is 4.24. The van der Waals surface area contributed by atoms with Crippen molar-refractivity contribution in [3.05, 3.63) is 50.9 Å². The second kappa shape index (κ2) is 6.32. The molecule has 18 heavy (non-hydrogen) atoms. The number of benzene rings is 1. The maximum Gasteiger partial charge on any atom is 0.0968 e. The molecule has 0 bridgehead atoms. The average Bonchev–Trinajstić information content (AvgIpc) is 2.82. The van der Waals surface area contributed by atoms with Gasteiger partial charge in [-0.05, 0) is 30.7 Å². The van der Waals surface area contributed by atoms with Gasteiger partial charge in [0.2, 0.25) is 0 Å². The van der Waals surface area contributed by atoms with Gasteiger partial charge in [-0.1, -0.05) is 30.7 Å². The Morgan fingerprint density at radius 1 is 1.44 bits per heavy atom. The van der Waals surface area contributed by atoms with Crippen LogP contribution in [0.4, 0.5) is 0 Å². The molecule has 0 spiro atoms. The summed E-state index contributed by atoms with van der Waals surface area (Å²) in [6.07, 6.45) is 2.69. The van der Waals surface area contributed by atoms with Crippen molar-refractivity contribution < 1.29 is 0 Å². The van der Waals surface area contributed by atoms with E-state index in [0.29, 0.717) is 0 Å². The highest BCUT2D eigenvalue weighted by molar-refractivity contribution is 7.09. The minimum absolute atomic E-state index is 0.288. The Morgan fingerprint density at radius 2 is 2.28 bits per heavy atom. The van der Waals surface area contributed by atoms with Gasteiger partial charge in [-0.25, -0.2) is 4.98 Å². The standard InChI is InChI=1S/C14H17ClN2S/c1-3-16-10(2)12-5-4-11(8-13(12)15)9-14-17-6-7-18-14/h4-8,10,16H,3,9H2,1-2H3. The fourth-order valence-electron chi connectivity index (χ4n) is 1.96. The molecule has 0 aliphatic carbocycles. The van der Waals surface area contributed by atoms with E-state index in [-0.39, 0.29) is 6.04 Å². The van der Waals surface area contributed by atoms with Gasteiger partial charge in [-0.2, -0.15) is 0 Å². The van der Waals surface area contributed by atoms with E-state index >= 15 is 0 Å². The van der Waals surface area contributed by atoms with Gasteiger partial charge in [0.05, 0.1) is 5.01 Å². The minimum Gasteiger partial charge on any atom is -0.310 e. The molecule has 1 aromatic carbocycles. The number of rotatable bonds is 5. The highest BCUT2D eigenvalue weighted by Crippen LogP contribution is 2.25. The largest absolute Gasteiger partial charge is 0.310 e. The molecule has 1 unspecified atom stereocenters. The SMILES string of the molecule is CCNC(C)c1ccc(Cc2nccs2)cc1Cl. The predicted octanol–water partition coefficient (Wildman–Crippen LogP) is 4.06. The molecule has 96 valence electrons. The van der Waals surface area contributed by atoms with Crippen LogP contribution in [-0.4, -0.2) is 11.5 Å². The maximum atomic E-state index is 6.34. The van der Waals surface area contributed by atoms with E-state index in [1.54, 1.807) is 11.3 Å². The van der Waals surface area contributed by atoms with Crippen LogP contribution in [-0.2, 0) is 6.42 Å². The lowest BCUT2D eigenvalue weighted by Gasteiger charge is -2.15. The van der Waals surface area contributed by atoms with E-state index in [9.17, 15) is 0 Å². The fourth-order valence-corrected chi connectivity index (χ4v) is 2.98. The van der Waals surface area contributed by atoms with E-state index < -0.39 is 0 Å². The summed E-state index contributed by atoms with van der Waals surface area (Å²) in [5, 5.41) is 7.33. The van der Waals surface area contributed by atoms with E-state index in [1.807, 2.05) is 17.6 Å². The quantitative estimate of drug-likeness (QED) is 0.893. The molecule has 0 amide bonds. The normalized spacial score (nSPS) is 12.6. The molecule has 4 heteroatoms. The summed E-state index contributed by atoms with van der Waals surface area (Å²) < 4.78 is 0. The number of halogens is 1. The number of hydrogen-bond acceptors (Lipinski definition) is 3. The number of nitrogens with zero attached hydrogens (tertiary/aromatic N) is 1. The molecule has 2 rings (SSSR count). The van der Waals surface area contributed by atoms with E-state index in [4.69, 9.17) is 11.6 Å². The third-order valence-electron chi connectivity index (χ3n) is 2.88. The first-order valence-corrected chi connectivity index (χ1v) is 7.36. The molecule has 1 N–H and O–H groups in total. The fraction of sp³-hybridized carbons (Fsp3) is 0.357. The Bertz CT molecular complexity index is 497. The second-order valence-corrected chi connectivity index (χ2v) is 5.62. The van der Waals surface area contributed by atoms with Gasteiger partial charge < -0.3 is 5.32 Å². The molecule has 0 fully saturated rings. The van der Waals surface area contributed by atoms with Gasteiger partial charge in [-0.15, -0.1) is 11.3 Å². The monoisotopic (exact) mass is 280 g/mol. The smallest absolute Gasteiger partial charge is 0.0968 e. The zero-order chi connectivity index (χ0) is 13.0. The Morgan fingerprint density at radius 3 is 2.89 bits per heavy atom. The van der Waals surface area contributed by atoms with Crippen LogP contribution in [0.3, 0.4) is 0 Å². The van der Waals surface area contributed by atoms with Crippen LogP contribution in [0.25, 0.3) is 0 Å². The number of thiazole rings is 1. The zero-order valence-electron chi connectivity index (χ0n) is 10.6. The van der Waals surface area contributed by atoms with Crippen LogP contribution in [0.2, 0.25) is 5.02 Å². The average molecular weight is 281 g/mol. The van der Waals surface area contributed by atoms with Crippen molar-refractivity contribution >= 4 is 22.9 Å². The Hall–Kier alpha value is -0.900. The Balaban J connectivity index is 2.14. The molecule has 1 aromatic heterocycles. The summed E-state index contributed by atoms with van der Waals surface area (Å²) in [6, 6.07) is 6.58. The molecule has 0 saturated carbocycles. The van der Waals surface area contributed by atoms with Crippen LogP contribution in [0.1, 0.15) is 36.0 Å². The summed E-state index contributed by atoms with van der Waals surface area (Å²) in [5.41, 5.74) is 2.36. The van der Waals surface area contributed by atoms with Crippen molar-refractivity contribution in [2.75, 3.05) is 6.54 Å². The molecule has 0 aliphatic rings. The number of nitrogens with one attached hydrogen (secondary N) is 1. The first-order valence-electron chi connectivity index (χ1n) is 6.10. The van der Waals surface area contributed by atoms with Crippen molar-refractivity contribution in [3.8, 4) is 0 Å². The van der Waals surface area contributed by atoms with Gasteiger partial charge in [0.25, 0.3) is 0 Å². The van der Waals surface area contributed by atoms with E-state index in [2.05, 4.69) is 36.3 Å². The van der Waals surface area contributed by atoms with Crippen LogP contribution in [0.5, 0.6) is 0 Å². The van der Waals surface area contributed by atoms with Gasteiger partial charge in [0.15, 0.2) is 0 Å². The van der Waals surface area contributed by atoms with Gasteiger partial charge >= 0.3 is 0 Å². The summed E-state index contributed by atoms with van der Waals surface area (Å²) in [7, 11) is 0. The van der Waals surface area contributed by atoms with Crippen molar-refractivity contribution in [1.29, 1.82) is 0 Å². The first-order chi connectivity index (χ1) is 8.70. The predicted molar refractivity (Wildman–Crippen MR) is 78.5 cm³/mol. The van der Waals surface area contributed by atoms with Crippen LogP contribution in [0, 0.1) is 0 Å². The molecule has 1 atom stereocenters. The highest BCUT2D eigenvalue weighted by Gasteiger charge is 2.09. The topological polar surface area (TPSA) is 24.9 Å². The molecule has 0 radical (unpaired) electrons. The van der Waals surface area contributed by atoms with Crippen LogP contribution >= 0.6 is 22.9 Å². The molecule has 0 saturated heterocycles. The first kappa shape index (κ1) is 13.5. The van der Waals surface area contributed by atoms with Crippen molar-refractivity contribution in [2.45, 2.75) is 26.3 Å². The lowest BCUT2D eigenvalue weighted by atomic mass is 10.0. The summed E-state index contributed by atoms with van der Waals surface area (Å²) in [6.45, 7) is 5.17. The van der Waals surface area contributed by atoms with Crippen molar-refractivity contribution in [3.63, 3.8) is 0 Å². The summed E-state index contributed by atoms with van der Waals surface area (Å²) in [5.74, 6) is 0. The van der Waals surface area contributed by atoms with Crippen molar-refractivity contribution in [2.24, 2.45) is 0 Å².